The SMILES string of the molecule is C=C/C=C(/Nc1ccccc1)C(C)(c1ccc(C(CC(C)(C)C)C(C)(C)C)cc1)[C@@H]1C=CC(c2ccc(N(c3ccccc3)c3ccccc3)cc2)=CC1. The third-order valence-electron chi connectivity index (χ3n) is 11.0. The van der Waals surface area contributed by atoms with Gasteiger partial charge in [0.05, 0.1) is 0 Å². The molecule has 5 aromatic rings. The van der Waals surface area contributed by atoms with Gasteiger partial charge in [-0.05, 0) is 119 Å². The van der Waals surface area contributed by atoms with Crippen molar-refractivity contribution < 1.29 is 0 Å². The van der Waals surface area contributed by atoms with Gasteiger partial charge in [-0.1, -0.05) is 163 Å². The molecular weight excluding hydrogens is 653 g/mol. The maximum atomic E-state index is 4.15. The number of para-hydroxylation sites is 3. The number of benzene rings is 5. The van der Waals surface area contributed by atoms with E-state index in [1.807, 2.05) is 6.08 Å². The molecule has 54 heavy (non-hydrogen) atoms. The lowest BCUT2D eigenvalue weighted by molar-refractivity contribution is 0.229. The van der Waals surface area contributed by atoms with Crippen LogP contribution in [-0.2, 0) is 5.41 Å². The van der Waals surface area contributed by atoms with Crippen LogP contribution in [0.15, 0.2) is 182 Å². The van der Waals surface area contributed by atoms with Gasteiger partial charge in [-0.25, -0.2) is 0 Å². The Balaban J connectivity index is 1.32. The van der Waals surface area contributed by atoms with Crippen molar-refractivity contribution in [3.05, 3.63) is 199 Å². The van der Waals surface area contributed by atoms with Crippen molar-refractivity contribution in [2.75, 3.05) is 10.2 Å². The zero-order chi connectivity index (χ0) is 38.3. The van der Waals surface area contributed by atoms with E-state index in [0.29, 0.717) is 5.92 Å². The highest BCUT2D eigenvalue weighted by atomic mass is 15.1. The lowest BCUT2D eigenvalue weighted by atomic mass is 9.65. The van der Waals surface area contributed by atoms with E-state index in [1.165, 1.54) is 22.3 Å². The van der Waals surface area contributed by atoms with Crippen molar-refractivity contribution in [2.24, 2.45) is 16.7 Å². The van der Waals surface area contributed by atoms with Crippen LogP contribution >= 0.6 is 0 Å². The van der Waals surface area contributed by atoms with Gasteiger partial charge in [-0.3, -0.25) is 0 Å². The van der Waals surface area contributed by atoms with Gasteiger partial charge in [0.25, 0.3) is 0 Å². The fourth-order valence-corrected chi connectivity index (χ4v) is 7.97. The van der Waals surface area contributed by atoms with E-state index in [4.69, 9.17) is 0 Å². The third kappa shape index (κ3) is 8.88. The first kappa shape index (κ1) is 38.4. The predicted octanol–water partition coefficient (Wildman–Crippen LogP) is 14.8. The highest BCUT2D eigenvalue weighted by Crippen LogP contribution is 2.47. The zero-order valence-corrected chi connectivity index (χ0v) is 33.4. The van der Waals surface area contributed by atoms with Crippen LogP contribution in [0.25, 0.3) is 5.57 Å². The van der Waals surface area contributed by atoms with E-state index in [0.717, 1.165) is 41.3 Å². The second-order valence-electron chi connectivity index (χ2n) is 17.2. The monoisotopic (exact) mass is 710 g/mol. The van der Waals surface area contributed by atoms with E-state index >= 15 is 0 Å². The molecule has 0 spiro atoms. The van der Waals surface area contributed by atoms with E-state index in [-0.39, 0.29) is 22.2 Å². The zero-order valence-electron chi connectivity index (χ0n) is 33.4. The molecule has 6 rings (SSSR count). The van der Waals surface area contributed by atoms with Crippen LogP contribution in [0.3, 0.4) is 0 Å². The number of allylic oxidation sites excluding steroid dienone is 7. The third-order valence-corrected chi connectivity index (χ3v) is 11.0. The Morgan fingerprint density at radius 2 is 1.24 bits per heavy atom. The highest BCUT2D eigenvalue weighted by molar-refractivity contribution is 5.80. The largest absolute Gasteiger partial charge is 0.358 e. The molecule has 2 unspecified atom stereocenters. The maximum Gasteiger partial charge on any atom is 0.0462 e. The smallest absolute Gasteiger partial charge is 0.0462 e. The summed E-state index contributed by atoms with van der Waals surface area (Å²) < 4.78 is 0. The summed E-state index contributed by atoms with van der Waals surface area (Å²) in [7, 11) is 0. The van der Waals surface area contributed by atoms with Crippen molar-refractivity contribution >= 4 is 28.3 Å². The second kappa shape index (κ2) is 16.4. The van der Waals surface area contributed by atoms with Crippen LogP contribution in [0.5, 0.6) is 0 Å². The first-order valence-electron chi connectivity index (χ1n) is 19.5. The Labute approximate surface area is 325 Å². The predicted molar refractivity (Wildman–Crippen MR) is 235 cm³/mol. The summed E-state index contributed by atoms with van der Waals surface area (Å²) in [6.07, 6.45) is 13.3. The standard InChI is InChI=1S/C52H58N2/c1-9-19-49(53-44-20-13-10-14-21-44)52(8,43-34-28-41(29-35-43)48(51(5,6)7)38-50(2,3)4)42-32-26-39(27-33-42)40-30-36-47(37-31-40)54(45-22-15-11-16-23-45)46-24-17-12-18-25-46/h9-32,34-37,42,48,53H,1,33,38H2,2-8H3/b49-19+/t42-,48?,52?/m1/s1. The van der Waals surface area contributed by atoms with Gasteiger partial charge in [-0.2, -0.15) is 0 Å². The molecule has 3 atom stereocenters. The molecule has 276 valence electrons. The minimum absolute atomic E-state index is 0.160. The molecule has 0 heterocycles. The topological polar surface area (TPSA) is 15.3 Å². The molecule has 1 N–H and O–H groups in total. The summed E-state index contributed by atoms with van der Waals surface area (Å²) >= 11 is 0. The van der Waals surface area contributed by atoms with Gasteiger partial charge < -0.3 is 10.2 Å². The normalized spacial score (nSPS) is 16.5. The fourth-order valence-electron chi connectivity index (χ4n) is 7.97. The van der Waals surface area contributed by atoms with Crippen LogP contribution in [0.4, 0.5) is 22.7 Å². The quantitative estimate of drug-likeness (QED) is 0.130. The highest BCUT2D eigenvalue weighted by Gasteiger charge is 2.39. The molecule has 0 fully saturated rings. The van der Waals surface area contributed by atoms with Crippen LogP contribution < -0.4 is 10.2 Å². The average molecular weight is 711 g/mol. The average Bonchev–Trinajstić information content (AvgIpc) is 3.18. The second-order valence-corrected chi connectivity index (χ2v) is 17.2. The van der Waals surface area contributed by atoms with Gasteiger partial charge >= 0.3 is 0 Å². The molecule has 1 aliphatic carbocycles. The summed E-state index contributed by atoms with van der Waals surface area (Å²) in [4.78, 5) is 2.31. The number of hydrogen-bond donors (Lipinski definition) is 1. The first-order valence-corrected chi connectivity index (χ1v) is 19.5. The van der Waals surface area contributed by atoms with Gasteiger partial charge in [0.1, 0.15) is 0 Å². The van der Waals surface area contributed by atoms with E-state index < -0.39 is 0 Å². The Kier molecular flexibility index (Phi) is 11.6. The number of nitrogens with one attached hydrogen (secondary N) is 1. The summed E-state index contributed by atoms with van der Waals surface area (Å²) in [6.45, 7) is 20.8. The minimum atomic E-state index is -0.349. The van der Waals surface area contributed by atoms with E-state index in [1.54, 1.807) is 0 Å². The van der Waals surface area contributed by atoms with Gasteiger partial charge in [0, 0.05) is 33.9 Å². The maximum absolute atomic E-state index is 4.15. The Morgan fingerprint density at radius 1 is 0.704 bits per heavy atom. The Hall–Kier alpha value is -5.34. The molecule has 1 aliphatic rings. The van der Waals surface area contributed by atoms with Crippen molar-refractivity contribution in [1.82, 2.24) is 0 Å². The molecule has 2 heteroatoms. The minimum Gasteiger partial charge on any atom is -0.358 e. The van der Waals surface area contributed by atoms with Gasteiger partial charge in [0.2, 0.25) is 0 Å². The molecule has 0 aromatic heterocycles. The number of anilines is 4. The van der Waals surface area contributed by atoms with E-state index in [2.05, 4.69) is 229 Å². The molecule has 2 nitrogen and oxygen atoms in total. The number of rotatable bonds is 12. The van der Waals surface area contributed by atoms with Crippen molar-refractivity contribution in [3.63, 3.8) is 0 Å². The molecule has 0 saturated carbocycles. The summed E-state index contributed by atoms with van der Waals surface area (Å²) in [5, 5.41) is 3.83. The van der Waals surface area contributed by atoms with Crippen LogP contribution in [-0.4, -0.2) is 0 Å². The lowest BCUT2D eigenvalue weighted by Crippen LogP contribution is -2.37. The molecule has 0 amide bonds. The lowest BCUT2D eigenvalue weighted by Gasteiger charge is -2.41. The number of nitrogens with zero attached hydrogens (tertiary/aromatic N) is 1. The number of hydrogen-bond acceptors (Lipinski definition) is 2. The van der Waals surface area contributed by atoms with Gasteiger partial charge in [-0.15, -0.1) is 0 Å². The molecule has 0 radical (unpaired) electrons. The molecular formula is C52H58N2. The molecule has 0 saturated heterocycles. The summed E-state index contributed by atoms with van der Waals surface area (Å²) in [5.41, 5.74) is 10.8. The van der Waals surface area contributed by atoms with Crippen LogP contribution in [0.2, 0.25) is 0 Å². The van der Waals surface area contributed by atoms with Crippen molar-refractivity contribution in [3.8, 4) is 0 Å². The van der Waals surface area contributed by atoms with Crippen LogP contribution in [0.1, 0.15) is 83.9 Å². The summed E-state index contributed by atoms with van der Waals surface area (Å²) in [5.74, 6) is 0.677. The van der Waals surface area contributed by atoms with E-state index in [9.17, 15) is 0 Å². The molecule has 5 aromatic carbocycles. The Morgan fingerprint density at radius 3 is 1.72 bits per heavy atom. The first-order chi connectivity index (χ1) is 25.9. The molecule has 0 aliphatic heterocycles. The van der Waals surface area contributed by atoms with Crippen molar-refractivity contribution in [2.45, 2.75) is 72.6 Å². The van der Waals surface area contributed by atoms with Crippen LogP contribution in [0, 0.1) is 16.7 Å². The van der Waals surface area contributed by atoms with Gasteiger partial charge in [0.15, 0.2) is 0 Å². The summed E-state index contributed by atoms with van der Waals surface area (Å²) in [6, 6.07) is 50.2. The Bertz CT molecular complexity index is 2020. The van der Waals surface area contributed by atoms with Crippen molar-refractivity contribution in [1.29, 1.82) is 0 Å². The fraction of sp³-hybridized carbons (Fsp3) is 0.269. The molecule has 0 bridgehead atoms.